The molecule has 0 radical (unpaired) electrons. The van der Waals surface area contributed by atoms with Crippen molar-refractivity contribution in [3.8, 4) is 0 Å². The van der Waals surface area contributed by atoms with E-state index in [2.05, 4.69) is 20.9 Å². The first kappa shape index (κ1) is 12.5. The molecule has 0 aromatic carbocycles. The van der Waals surface area contributed by atoms with E-state index >= 15 is 0 Å². The molecule has 1 aliphatic heterocycles. The summed E-state index contributed by atoms with van der Waals surface area (Å²) < 4.78 is 0. The molecule has 0 unspecified atom stereocenters. The van der Waals surface area contributed by atoms with Crippen LogP contribution in [0.5, 0.6) is 0 Å². The molecule has 1 aromatic rings. The predicted octanol–water partition coefficient (Wildman–Crippen LogP) is -0.853. The number of nitrogens with zero attached hydrogens (tertiary/aromatic N) is 1. The summed E-state index contributed by atoms with van der Waals surface area (Å²) in [6.07, 6.45) is 3.12. The zero-order valence-electron chi connectivity index (χ0n) is 9.98. The Balaban J connectivity index is 1.63. The van der Waals surface area contributed by atoms with Gasteiger partial charge >= 0.3 is 0 Å². The van der Waals surface area contributed by atoms with Gasteiger partial charge in [-0.3, -0.25) is 14.6 Å². The minimum atomic E-state index is -0.178. The van der Waals surface area contributed by atoms with Gasteiger partial charge in [-0.05, 0) is 12.1 Å². The van der Waals surface area contributed by atoms with Crippen LogP contribution in [0.1, 0.15) is 10.4 Å². The van der Waals surface area contributed by atoms with Gasteiger partial charge in [0, 0.05) is 38.6 Å². The monoisotopic (exact) mass is 248 g/mol. The summed E-state index contributed by atoms with van der Waals surface area (Å²) in [5, 5.41) is 8.54. The SMILES string of the molecule is O=C(NCCNC(=O)C1CNC1)c1cccnc1. The van der Waals surface area contributed by atoms with E-state index in [1.54, 1.807) is 18.3 Å². The third-order valence-corrected chi connectivity index (χ3v) is 2.79. The van der Waals surface area contributed by atoms with E-state index < -0.39 is 0 Å². The van der Waals surface area contributed by atoms with Crippen molar-refractivity contribution in [3.63, 3.8) is 0 Å². The average molecular weight is 248 g/mol. The topological polar surface area (TPSA) is 83.1 Å². The molecule has 0 aliphatic carbocycles. The van der Waals surface area contributed by atoms with Crippen molar-refractivity contribution in [1.29, 1.82) is 0 Å². The number of hydrogen-bond donors (Lipinski definition) is 3. The van der Waals surface area contributed by atoms with Crippen LogP contribution < -0.4 is 16.0 Å². The van der Waals surface area contributed by atoms with Crippen LogP contribution in [0.25, 0.3) is 0 Å². The lowest BCUT2D eigenvalue weighted by molar-refractivity contribution is -0.126. The second-order valence-corrected chi connectivity index (χ2v) is 4.14. The third kappa shape index (κ3) is 3.27. The molecule has 1 aromatic heterocycles. The van der Waals surface area contributed by atoms with Crippen LogP contribution in [0.3, 0.4) is 0 Å². The summed E-state index contributed by atoms with van der Waals surface area (Å²) in [7, 11) is 0. The van der Waals surface area contributed by atoms with Crippen LogP contribution in [0.2, 0.25) is 0 Å². The van der Waals surface area contributed by atoms with Crippen LogP contribution >= 0.6 is 0 Å². The van der Waals surface area contributed by atoms with Crippen LogP contribution in [-0.2, 0) is 4.79 Å². The molecule has 96 valence electrons. The number of nitrogens with one attached hydrogen (secondary N) is 3. The zero-order chi connectivity index (χ0) is 12.8. The molecule has 3 N–H and O–H groups in total. The van der Waals surface area contributed by atoms with E-state index in [1.165, 1.54) is 6.20 Å². The minimum Gasteiger partial charge on any atom is -0.354 e. The van der Waals surface area contributed by atoms with E-state index in [9.17, 15) is 9.59 Å². The summed E-state index contributed by atoms with van der Waals surface area (Å²) in [6.45, 7) is 2.35. The Morgan fingerprint density at radius 1 is 1.33 bits per heavy atom. The molecule has 0 saturated carbocycles. The third-order valence-electron chi connectivity index (χ3n) is 2.79. The maximum absolute atomic E-state index is 11.6. The lowest BCUT2D eigenvalue weighted by Gasteiger charge is -2.25. The highest BCUT2D eigenvalue weighted by Gasteiger charge is 2.24. The number of pyridine rings is 1. The highest BCUT2D eigenvalue weighted by molar-refractivity contribution is 5.93. The number of carbonyl (C=O) groups excluding carboxylic acids is 2. The molecule has 1 aliphatic rings. The number of carbonyl (C=O) groups is 2. The Hall–Kier alpha value is -1.95. The van der Waals surface area contributed by atoms with Crippen molar-refractivity contribution in [1.82, 2.24) is 20.9 Å². The van der Waals surface area contributed by atoms with Crippen molar-refractivity contribution in [2.75, 3.05) is 26.2 Å². The van der Waals surface area contributed by atoms with E-state index in [1.807, 2.05) is 0 Å². The Morgan fingerprint density at radius 3 is 2.72 bits per heavy atom. The Labute approximate surface area is 105 Å². The lowest BCUT2D eigenvalue weighted by Crippen LogP contribution is -2.51. The standard InChI is InChI=1S/C12H16N4O2/c17-11(9-2-1-3-13-6-9)15-4-5-16-12(18)10-7-14-8-10/h1-3,6,10,14H,4-5,7-8H2,(H,15,17)(H,16,18). The molecule has 1 fully saturated rings. The van der Waals surface area contributed by atoms with Gasteiger partial charge in [0.2, 0.25) is 5.91 Å². The van der Waals surface area contributed by atoms with Crippen molar-refractivity contribution >= 4 is 11.8 Å². The molecule has 6 heteroatoms. The van der Waals surface area contributed by atoms with Gasteiger partial charge in [0.1, 0.15) is 0 Å². The minimum absolute atomic E-state index is 0.0457. The summed E-state index contributed by atoms with van der Waals surface area (Å²) >= 11 is 0. The normalized spacial score (nSPS) is 14.7. The summed E-state index contributed by atoms with van der Waals surface area (Å²) in [5.41, 5.74) is 0.520. The van der Waals surface area contributed by atoms with Crippen molar-refractivity contribution in [2.24, 2.45) is 5.92 Å². The Kier molecular flexibility index (Phi) is 4.25. The molecule has 0 bridgehead atoms. The fraction of sp³-hybridized carbons (Fsp3) is 0.417. The van der Waals surface area contributed by atoms with Gasteiger partial charge in [-0.15, -0.1) is 0 Å². The maximum Gasteiger partial charge on any atom is 0.252 e. The summed E-state index contributed by atoms with van der Waals surface area (Å²) in [6, 6.07) is 3.40. The van der Waals surface area contributed by atoms with E-state index in [-0.39, 0.29) is 17.7 Å². The Bertz CT molecular complexity index is 417. The Morgan fingerprint density at radius 2 is 2.11 bits per heavy atom. The zero-order valence-corrected chi connectivity index (χ0v) is 9.98. The van der Waals surface area contributed by atoms with Gasteiger partial charge < -0.3 is 16.0 Å². The van der Waals surface area contributed by atoms with Crippen molar-refractivity contribution in [2.45, 2.75) is 0 Å². The number of aromatic nitrogens is 1. The van der Waals surface area contributed by atoms with Crippen molar-refractivity contribution < 1.29 is 9.59 Å². The van der Waals surface area contributed by atoms with Crippen LogP contribution in [0.4, 0.5) is 0 Å². The van der Waals surface area contributed by atoms with E-state index in [0.717, 1.165) is 13.1 Å². The highest BCUT2D eigenvalue weighted by Crippen LogP contribution is 2.01. The first-order valence-electron chi connectivity index (χ1n) is 5.94. The van der Waals surface area contributed by atoms with Gasteiger partial charge in [-0.1, -0.05) is 0 Å². The van der Waals surface area contributed by atoms with Crippen LogP contribution in [-0.4, -0.2) is 43.0 Å². The molecule has 18 heavy (non-hydrogen) atoms. The average Bonchev–Trinajstić information content (AvgIpc) is 2.33. The second kappa shape index (κ2) is 6.11. The molecule has 1 saturated heterocycles. The fourth-order valence-corrected chi connectivity index (χ4v) is 1.58. The van der Waals surface area contributed by atoms with Crippen molar-refractivity contribution in [3.05, 3.63) is 30.1 Å². The first-order chi connectivity index (χ1) is 8.77. The van der Waals surface area contributed by atoms with E-state index in [0.29, 0.717) is 18.7 Å². The molecule has 2 amide bonds. The molecule has 6 nitrogen and oxygen atoms in total. The lowest BCUT2D eigenvalue weighted by atomic mass is 10.0. The van der Waals surface area contributed by atoms with Gasteiger partial charge in [0.05, 0.1) is 11.5 Å². The molecule has 0 atom stereocenters. The van der Waals surface area contributed by atoms with Gasteiger partial charge in [-0.25, -0.2) is 0 Å². The second-order valence-electron chi connectivity index (χ2n) is 4.14. The fourth-order valence-electron chi connectivity index (χ4n) is 1.58. The van der Waals surface area contributed by atoms with Gasteiger partial charge in [-0.2, -0.15) is 0 Å². The van der Waals surface area contributed by atoms with E-state index in [4.69, 9.17) is 0 Å². The molecule has 2 heterocycles. The predicted molar refractivity (Wildman–Crippen MR) is 65.9 cm³/mol. The van der Waals surface area contributed by atoms with Gasteiger partial charge in [0.25, 0.3) is 5.91 Å². The molecule has 2 rings (SSSR count). The smallest absolute Gasteiger partial charge is 0.252 e. The molecular weight excluding hydrogens is 232 g/mol. The largest absolute Gasteiger partial charge is 0.354 e. The quantitative estimate of drug-likeness (QED) is 0.593. The number of amides is 2. The molecular formula is C12H16N4O2. The summed E-state index contributed by atoms with van der Waals surface area (Å²) in [4.78, 5) is 26.9. The summed E-state index contributed by atoms with van der Waals surface area (Å²) in [5.74, 6) is -0.0499. The first-order valence-corrected chi connectivity index (χ1v) is 5.94. The maximum atomic E-state index is 11.6. The number of rotatable bonds is 5. The highest BCUT2D eigenvalue weighted by atomic mass is 16.2. The van der Waals surface area contributed by atoms with Crippen LogP contribution in [0.15, 0.2) is 24.5 Å². The van der Waals surface area contributed by atoms with Crippen LogP contribution in [0, 0.1) is 5.92 Å². The number of hydrogen-bond acceptors (Lipinski definition) is 4. The molecule has 0 spiro atoms. The van der Waals surface area contributed by atoms with Gasteiger partial charge in [0.15, 0.2) is 0 Å².